The number of halogens is 1. The average molecular weight is 411 g/mol. The first-order chi connectivity index (χ1) is 14.3. The van der Waals surface area contributed by atoms with E-state index >= 15 is 0 Å². The van der Waals surface area contributed by atoms with Gasteiger partial charge in [-0.3, -0.25) is 19.5 Å². The number of hydrogen-bond acceptors (Lipinski definition) is 4. The molecule has 2 amide bonds. The van der Waals surface area contributed by atoms with Crippen LogP contribution in [-0.4, -0.2) is 45.1 Å². The highest BCUT2D eigenvalue weighted by molar-refractivity contribution is 5.98. The van der Waals surface area contributed by atoms with Gasteiger partial charge in [0, 0.05) is 31.5 Å². The van der Waals surface area contributed by atoms with Crippen LogP contribution in [0.5, 0.6) is 0 Å². The number of aryl methyl sites for hydroxylation is 1. The fraction of sp³-hybridized carbons (Fsp3) is 0.238. The van der Waals surface area contributed by atoms with Crippen LogP contribution in [0.25, 0.3) is 0 Å². The number of pyridine rings is 1. The van der Waals surface area contributed by atoms with E-state index in [1.807, 2.05) is 0 Å². The lowest BCUT2D eigenvalue weighted by Gasteiger charge is -2.18. The van der Waals surface area contributed by atoms with Crippen LogP contribution in [0, 0.1) is 12.7 Å². The Balaban J connectivity index is 1.93. The quantitative estimate of drug-likeness (QED) is 0.613. The van der Waals surface area contributed by atoms with Gasteiger partial charge in [-0.25, -0.2) is 4.39 Å². The van der Waals surface area contributed by atoms with Crippen LogP contribution in [-0.2, 0) is 13.0 Å². The molecule has 9 heteroatoms. The summed E-state index contributed by atoms with van der Waals surface area (Å²) in [6.45, 7) is 1.82. The summed E-state index contributed by atoms with van der Waals surface area (Å²) >= 11 is 0. The molecule has 3 N–H and O–H groups in total. The van der Waals surface area contributed by atoms with Crippen LogP contribution < -0.4 is 11.3 Å². The molecule has 0 aliphatic heterocycles. The van der Waals surface area contributed by atoms with E-state index in [0.717, 1.165) is 10.1 Å². The molecule has 1 aromatic carbocycles. The van der Waals surface area contributed by atoms with E-state index in [0.29, 0.717) is 18.5 Å². The smallest absolute Gasteiger partial charge is 0.263 e. The third kappa shape index (κ3) is 4.45. The number of aromatic amines is 1. The number of primary amides is 1. The van der Waals surface area contributed by atoms with Crippen LogP contribution in [0.15, 0.2) is 47.7 Å². The van der Waals surface area contributed by atoms with E-state index in [1.165, 1.54) is 17.2 Å². The third-order valence-corrected chi connectivity index (χ3v) is 4.85. The zero-order valence-electron chi connectivity index (χ0n) is 16.7. The minimum Gasteiger partial charge on any atom is -0.366 e. The Bertz CT molecular complexity index is 1140. The van der Waals surface area contributed by atoms with Crippen LogP contribution >= 0.6 is 0 Å². The van der Waals surface area contributed by atoms with E-state index in [1.54, 1.807) is 44.6 Å². The number of rotatable bonds is 7. The molecule has 0 aliphatic rings. The maximum Gasteiger partial charge on any atom is 0.263 e. The number of nitrogens with one attached hydrogen (secondary N) is 1. The summed E-state index contributed by atoms with van der Waals surface area (Å²) in [4.78, 5) is 39.0. The number of carbonyl (C=O) groups is 2. The number of aromatic nitrogens is 3. The molecule has 0 saturated carbocycles. The molecule has 3 aromatic rings. The number of nitrogens with two attached hydrogens (primary N) is 1. The Labute approximate surface area is 172 Å². The molecule has 2 heterocycles. The number of likely N-dealkylation sites (N-methyl/N-ethyl adjacent to an activating group) is 1. The number of nitrogens with zero attached hydrogens (tertiary/aromatic N) is 3. The average Bonchev–Trinajstić information content (AvgIpc) is 3.24. The molecule has 0 spiro atoms. The van der Waals surface area contributed by atoms with E-state index in [-0.39, 0.29) is 23.2 Å². The molecule has 0 atom stereocenters. The topological polar surface area (TPSA) is 114 Å². The van der Waals surface area contributed by atoms with Gasteiger partial charge in [0.25, 0.3) is 11.5 Å². The van der Waals surface area contributed by atoms with Crippen molar-refractivity contribution < 1.29 is 14.0 Å². The lowest BCUT2D eigenvalue weighted by Crippen LogP contribution is -2.36. The van der Waals surface area contributed by atoms with Gasteiger partial charge in [0.1, 0.15) is 11.4 Å². The van der Waals surface area contributed by atoms with Crippen LogP contribution in [0.2, 0.25) is 0 Å². The highest BCUT2D eigenvalue weighted by Crippen LogP contribution is 2.14. The molecule has 0 fully saturated rings. The van der Waals surface area contributed by atoms with Crippen molar-refractivity contribution in [3.8, 4) is 0 Å². The Morgan fingerprint density at radius 1 is 1.33 bits per heavy atom. The van der Waals surface area contributed by atoms with E-state index in [9.17, 15) is 18.8 Å². The molecule has 0 bridgehead atoms. The first kappa shape index (κ1) is 21.0. The molecule has 30 heavy (non-hydrogen) atoms. The maximum atomic E-state index is 14.4. The molecule has 0 unspecified atom stereocenters. The summed E-state index contributed by atoms with van der Waals surface area (Å²) in [7, 11) is 1.56. The number of H-pyrrole nitrogens is 1. The van der Waals surface area contributed by atoms with Gasteiger partial charge in [0.15, 0.2) is 0 Å². The molecular formula is C21H22FN5O3. The number of benzene rings is 1. The van der Waals surface area contributed by atoms with Crippen molar-refractivity contribution in [1.29, 1.82) is 0 Å². The molecular weight excluding hydrogens is 389 g/mol. The van der Waals surface area contributed by atoms with E-state index in [4.69, 9.17) is 5.73 Å². The summed E-state index contributed by atoms with van der Waals surface area (Å²) in [6, 6.07) is 6.02. The van der Waals surface area contributed by atoms with Gasteiger partial charge in [-0.05, 0) is 30.5 Å². The van der Waals surface area contributed by atoms with E-state index < -0.39 is 23.2 Å². The molecule has 8 nitrogen and oxygen atoms in total. The Morgan fingerprint density at radius 2 is 2.10 bits per heavy atom. The second-order valence-corrected chi connectivity index (χ2v) is 7.07. The van der Waals surface area contributed by atoms with Gasteiger partial charge in [-0.2, -0.15) is 5.10 Å². The number of hydrogen-bond donors (Lipinski definition) is 2. The molecule has 0 radical (unpaired) electrons. The molecule has 2 aromatic heterocycles. The zero-order chi connectivity index (χ0) is 21.8. The highest BCUT2D eigenvalue weighted by atomic mass is 19.1. The lowest BCUT2D eigenvalue weighted by atomic mass is 10.1. The van der Waals surface area contributed by atoms with Crippen molar-refractivity contribution >= 4 is 11.8 Å². The standard InChI is InChI=1S/C21H22FN5O3/c1-13-4-3-5-15(18(13)22)11-27-12-16(19(23)28)8-17(21(27)30)20(29)26(2)7-6-14-9-24-25-10-14/h3-5,8-10,12H,6-7,11H2,1-2H3,(H2,23,28)(H,24,25). The molecule has 156 valence electrons. The minimum absolute atomic E-state index is 0.00533. The predicted molar refractivity (Wildman–Crippen MR) is 109 cm³/mol. The van der Waals surface area contributed by atoms with E-state index in [2.05, 4.69) is 10.2 Å². The van der Waals surface area contributed by atoms with Crippen LogP contribution in [0.3, 0.4) is 0 Å². The van der Waals surface area contributed by atoms with Gasteiger partial charge < -0.3 is 15.2 Å². The van der Waals surface area contributed by atoms with Crippen molar-refractivity contribution in [2.24, 2.45) is 5.73 Å². The van der Waals surface area contributed by atoms with Crippen molar-refractivity contribution in [2.45, 2.75) is 19.9 Å². The molecule has 0 aliphatic carbocycles. The second kappa shape index (κ2) is 8.73. The Morgan fingerprint density at radius 3 is 2.77 bits per heavy atom. The maximum absolute atomic E-state index is 14.4. The molecule has 3 rings (SSSR count). The van der Waals surface area contributed by atoms with Gasteiger partial charge >= 0.3 is 0 Å². The Hall–Kier alpha value is -3.75. The van der Waals surface area contributed by atoms with Crippen LogP contribution in [0.4, 0.5) is 4.39 Å². The fourth-order valence-corrected chi connectivity index (χ4v) is 3.07. The number of carbonyl (C=O) groups excluding carboxylic acids is 2. The van der Waals surface area contributed by atoms with Gasteiger partial charge in [0.05, 0.1) is 18.3 Å². The first-order valence-corrected chi connectivity index (χ1v) is 9.29. The summed E-state index contributed by atoms with van der Waals surface area (Å²) in [5.74, 6) is -1.78. The normalized spacial score (nSPS) is 10.8. The highest BCUT2D eigenvalue weighted by Gasteiger charge is 2.20. The summed E-state index contributed by atoms with van der Waals surface area (Å²) < 4.78 is 15.5. The van der Waals surface area contributed by atoms with Crippen molar-refractivity contribution in [1.82, 2.24) is 19.7 Å². The fourth-order valence-electron chi connectivity index (χ4n) is 3.07. The SMILES string of the molecule is Cc1cccc(Cn2cc(C(N)=O)cc(C(=O)N(C)CCc3cn[nH]c3)c2=O)c1F. The van der Waals surface area contributed by atoms with Crippen LogP contribution in [0.1, 0.15) is 37.4 Å². The minimum atomic E-state index is -0.788. The van der Waals surface area contributed by atoms with Crippen molar-refractivity contribution in [2.75, 3.05) is 13.6 Å². The first-order valence-electron chi connectivity index (χ1n) is 9.29. The summed E-state index contributed by atoms with van der Waals surface area (Å²) in [6.07, 6.45) is 5.15. The zero-order valence-corrected chi connectivity index (χ0v) is 16.7. The van der Waals surface area contributed by atoms with Gasteiger partial charge in [0.2, 0.25) is 5.91 Å². The largest absolute Gasteiger partial charge is 0.366 e. The van der Waals surface area contributed by atoms with Gasteiger partial charge in [-0.15, -0.1) is 0 Å². The molecule has 0 saturated heterocycles. The monoisotopic (exact) mass is 411 g/mol. The second-order valence-electron chi connectivity index (χ2n) is 7.07. The number of amides is 2. The lowest BCUT2D eigenvalue weighted by molar-refractivity contribution is 0.0794. The van der Waals surface area contributed by atoms with Crippen molar-refractivity contribution in [3.05, 3.63) is 86.8 Å². The summed E-state index contributed by atoms with van der Waals surface area (Å²) in [5.41, 5.74) is 6.17. The predicted octanol–water partition coefficient (Wildman–Crippen LogP) is 1.48. The summed E-state index contributed by atoms with van der Waals surface area (Å²) in [5, 5.41) is 6.54. The Kier molecular flexibility index (Phi) is 6.10. The third-order valence-electron chi connectivity index (χ3n) is 4.85. The van der Waals surface area contributed by atoms with Crippen molar-refractivity contribution in [3.63, 3.8) is 0 Å². The van der Waals surface area contributed by atoms with Gasteiger partial charge in [-0.1, -0.05) is 18.2 Å².